The standard InChI is InChI=1S/C10H6ClNO3/c1-15-10(14)8-2-6(4-12)9(11)3-7(8)5-13/h2-3,5H,1H3. The van der Waals surface area contributed by atoms with Gasteiger partial charge in [0.2, 0.25) is 0 Å². The highest BCUT2D eigenvalue weighted by Crippen LogP contribution is 2.20. The van der Waals surface area contributed by atoms with Gasteiger partial charge in [0.05, 0.1) is 23.3 Å². The Morgan fingerprint density at radius 1 is 1.60 bits per heavy atom. The molecule has 0 unspecified atom stereocenters. The fourth-order valence-corrected chi connectivity index (χ4v) is 1.27. The molecule has 0 spiro atoms. The highest BCUT2D eigenvalue weighted by Gasteiger charge is 2.14. The number of carbonyl (C=O) groups is 2. The molecule has 15 heavy (non-hydrogen) atoms. The van der Waals surface area contributed by atoms with Gasteiger partial charge in [-0.3, -0.25) is 4.79 Å². The van der Waals surface area contributed by atoms with Gasteiger partial charge in [0.15, 0.2) is 6.29 Å². The van der Waals surface area contributed by atoms with Crippen molar-refractivity contribution < 1.29 is 14.3 Å². The zero-order valence-corrected chi connectivity index (χ0v) is 8.54. The summed E-state index contributed by atoms with van der Waals surface area (Å²) in [6, 6.07) is 4.31. The molecule has 1 aromatic carbocycles. The zero-order valence-electron chi connectivity index (χ0n) is 7.78. The van der Waals surface area contributed by atoms with Gasteiger partial charge in [-0.2, -0.15) is 5.26 Å². The average Bonchev–Trinajstić information content (AvgIpc) is 2.27. The minimum Gasteiger partial charge on any atom is -0.465 e. The van der Waals surface area contributed by atoms with Gasteiger partial charge in [0.1, 0.15) is 6.07 Å². The summed E-state index contributed by atoms with van der Waals surface area (Å²) in [5.41, 5.74) is 0.266. The average molecular weight is 224 g/mol. The number of aldehydes is 1. The fourth-order valence-electron chi connectivity index (χ4n) is 1.06. The number of halogens is 1. The van der Waals surface area contributed by atoms with E-state index in [2.05, 4.69) is 4.74 Å². The van der Waals surface area contributed by atoms with E-state index in [1.807, 2.05) is 6.07 Å². The summed E-state index contributed by atoms with van der Waals surface area (Å²) in [4.78, 5) is 21.9. The third-order valence-corrected chi connectivity index (χ3v) is 2.10. The lowest BCUT2D eigenvalue weighted by molar-refractivity contribution is 0.0598. The van der Waals surface area contributed by atoms with Crippen LogP contribution in [0.4, 0.5) is 0 Å². The molecule has 0 bridgehead atoms. The van der Waals surface area contributed by atoms with E-state index in [-0.39, 0.29) is 21.7 Å². The predicted octanol–water partition coefficient (Wildman–Crippen LogP) is 1.81. The van der Waals surface area contributed by atoms with Gasteiger partial charge in [-0.05, 0) is 12.1 Å². The van der Waals surface area contributed by atoms with E-state index in [9.17, 15) is 9.59 Å². The molecule has 0 aliphatic heterocycles. The summed E-state index contributed by atoms with van der Waals surface area (Å²) >= 11 is 5.69. The predicted molar refractivity (Wildman–Crippen MR) is 52.9 cm³/mol. The lowest BCUT2D eigenvalue weighted by Gasteiger charge is -2.04. The van der Waals surface area contributed by atoms with Crippen molar-refractivity contribution in [2.45, 2.75) is 0 Å². The van der Waals surface area contributed by atoms with E-state index in [0.29, 0.717) is 6.29 Å². The number of methoxy groups -OCH3 is 1. The highest BCUT2D eigenvalue weighted by atomic mass is 35.5. The van der Waals surface area contributed by atoms with Gasteiger partial charge < -0.3 is 4.74 Å². The molecule has 76 valence electrons. The molecule has 0 aromatic heterocycles. The molecule has 1 aromatic rings. The monoisotopic (exact) mass is 223 g/mol. The maximum Gasteiger partial charge on any atom is 0.338 e. The Morgan fingerprint density at radius 2 is 2.27 bits per heavy atom. The van der Waals surface area contributed by atoms with Crippen LogP contribution in [0.15, 0.2) is 12.1 Å². The number of nitrogens with zero attached hydrogens (tertiary/aromatic N) is 1. The van der Waals surface area contributed by atoms with Crippen LogP contribution in [-0.2, 0) is 4.74 Å². The molecule has 0 saturated carbocycles. The van der Waals surface area contributed by atoms with Crippen LogP contribution >= 0.6 is 11.6 Å². The Balaban J connectivity index is 3.43. The molecular formula is C10H6ClNO3. The summed E-state index contributed by atoms with van der Waals surface area (Å²) in [6.45, 7) is 0. The third-order valence-electron chi connectivity index (χ3n) is 1.79. The van der Waals surface area contributed by atoms with Crippen molar-refractivity contribution in [2.75, 3.05) is 7.11 Å². The van der Waals surface area contributed by atoms with Gasteiger partial charge >= 0.3 is 5.97 Å². The minimum absolute atomic E-state index is 0.0356. The first-order chi connectivity index (χ1) is 7.13. The van der Waals surface area contributed by atoms with Crippen LogP contribution in [0.5, 0.6) is 0 Å². The molecule has 0 aliphatic carbocycles. The maximum absolute atomic E-state index is 11.2. The van der Waals surface area contributed by atoms with E-state index >= 15 is 0 Å². The molecule has 5 heteroatoms. The maximum atomic E-state index is 11.2. The molecule has 0 fully saturated rings. The molecule has 1 rings (SSSR count). The normalized spacial score (nSPS) is 9.13. The molecule has 0 saturated heterocycles. The number of rotatable bonds is 2. The molecule has 0 radical (unpaired) electrons. The SMILES string of the molecule is COC(=O)c1cc(C#N)c(Cl)cc1C=O. The smallest absolute Gasteiger partial charge is 0.338 e. The summed E-state index contributed by atoms with van der Waals surface area (Å²) in [5.74, 6) is -0.676. The van der Waals surface area contributed by atoms with E-state index in [0.717, 1.165) is 0 Å². The van der Waals surface area contributed by atoms with Crippen LogP contribution in [-0.4, -0.2) is 19.4 Å². The third kappa shape index (κ3) is 2.14. The van der Waals surface area contributed by atoms with Crippen molar-refractivity contribution in [3.8, 4) is 6.07 Å². The van der Waals surface area contributed by atoms with E-state index in [1.165, 1.54) is 19.2 Å². The number of carbonyl (C=O) groups excluding carboxylic acids is 2. The van der Waals surface area contributed by atoms with Crippen molar-refractivity contribution in [3.05, 3.63) is 33.8 Å². The first-order valence-electron chi connectivity index (χ1n) is 3.91. The Morgan fingerprint density at radius 3 is 2.73 bits per heavy atom. The van der Waals surface area contributed by atoms with Crippen LogP contribution in [0.3, 0.4) is 0 Å². The fraction of sp³-hybridized carbons (Fsp3) is 0.100. The Hall–Kier alpha value is -1.86. The quantitative estimate of drug-likeness (QED) is 0.567. The largest absolute Gasteiger partial charge is 0.465 e. The first-order valence-corrected chi connectivity index (χ1v) is 4.29. The summed E-state index contributed by atoms with van der Waals surface area (Å²) in [7, 11) is 1.19. The van der Waals surface area contributed by atoms with Gasteiger partial charge in [-0.1, -0.05) is 11.6 Å². The molecule has 0 aliphatic rings. The van der Waals surface area contributed by atoms with E-state index in [4.69, 9.17) is 16.9 Å². The molecule has 0 heterocycles. The molecular weight excluding hydrogens is 218 g/mol. The lowest BCUT2D eigenvalue weighted by Crippen LogP contribution is -2.06. The van der Waals surface area contributed by atoms with Gasteiger partial charge in [-0.25, -0.2) is 4.79 Å². The van der Waals surface area contributed by atoms with Gasteiger partial charge in [0, 0.05) is 5.56 Å². The number of ether oxygens (including phenoxy) is 1. The minimum atomic E-state index is -0.676. The number of hydrogen-bond donors (Lipinski definition) is 0. The lowest BCUT2D eigenvalue weighted by atomic mass is 10.1. The second-order valence-corrected chi connectivity index (χ2v) is 3.05. The Bertz CT molecular complexity index is 462. The van der Waals surface area contributed by atoms with Crippen molar-refractivity contribution in [1.82, 2.24) is 0 Å². The van der Waals surface area contributed by atoms with Crippen LogP contribution in [0.25, 0.3) is 0 Å². The zero-order chi connectivity index (χ0) is 11.4. The number of benzene rings is 1. The Labute approximate surface area is 91.0 Å². The summed E-state index contributed by atoms with van der Waals surface area (Å²) < 4.78 is 4.47. The van der Waals surface area contributed by atoms with Crippen molar-refractivity contribution in [3.63, 3.8) is 0 Å². The van der Waals surface area contributed by atoms with Crippen molar-refractivity contribution in [1.29, 1.82) is 5.26 Å². The number of nitriles is 1. The first kappa shape index (κ1) is 11.2. The molecule has 0 atom stereocenters. The topological polar surface area (TPSA) is 67.2 Å². The summed E-state index contributed by atoms with van der Waals surface area (Å²) in [5, 5.41) is 8.82. The van der Waals surface area contributed by atoms with Gasteiger partial charge in [-0.15, -0.1) is 0 Å². The summed E-state index contributed by atoms with van der Waals surface area (Å²) in [6.07, 6.45) is 0.485. The second kappa shape index (κ2) is 4.58. The van der Waals surface area contributed by atoms with E-state index in [1.54, 1.807) is 0 Å². The van der Waals surface area contributed by atoms with Crippen molar-refractivity contribution in [2.24, 2.45) is 0 Å². The number of esters is 1. The van der Waals surface area contributed by atoms with Gasteiger partial charge in [0.25, 0.3) is 0 Å². The van der Waals surface area contributed by atoms with Crippen molar-refractivity contribution >= 4 is 23.9 Å². The van der Waals surface area contributed by atoms with Crippen LogP contribution < -0.4 is 0 Å². The van der Waals surface area contributed by atoms with Crippen LogP contribution in [0.1, 0.15) is 26.3 Å². The number of hydrogen-bond acceptors (Lipinski definition) is 4. The molecule has 4 nitrogen and oxygen atoms in total. The Kier molecular flexibility index (Phi) is 3.42. The highest BCUT2D eigenvalue weighted by molar-refractivity contribution is 6.32. The second-order valence-electron chi connectivity index (χ2n) is 2.64. The van der Waals surface area contributed by atoms with Crippen LogP contribution in [0.2, 0.25) is 5.02 Å². The van der Waals surface area contributed by atoms with Crippen LogP contribution in [0, 0.1) is 11.3 Å². The molecule has 0 amide bonds. The van der Waals surface area contributed by atoms with E-state index < -0.39 is 5.97 Å². The molecule has 0 N–H and O–H groups in total.